The van der Waals surface area contributed by atoms with Crippen LogP contribution in [0.4, 0.5) is 18.0 Å². The van der Waals surface area contributed by atoms with Crippen LogP contribution in [0.25, 0.3) is 0 Å². The molecule has 1 saturated heterocycles. The number of urea groups is 1. The molecule has 134 valence electrons. The molecule has 2 N–H and O–H groups in total. The summed E-state index contributed by atoms with van der Waals surface area (Å²) in [6.07, 6.45) is -0.141. The normalized spacial score (nSPS) is 27.7. The first kappa shape index (κ1) is 17.5. The number of carbonyl (C=O) groups excluding carboxylic acids is 1. The van der Waals surface area contributed by atoms with Crippen LogP contribution in [0, 0.1) is 5.92 Å². The van der Waals surface area contributed by atoms with Crippen molar-refractivity contribution in [1.29, 1.82) is 0 Å². The van der Waals surface area contributed by atoms with Crippen LogP contribution >= 0.6 is 11.3 Å². The van der Waals surface area contributed by atoms with Gasteiger partial charge in [0.15, 0.2) is 5.69 Å². The van der Waals surface area contributed by atoms with E-state index in [2.05, 4.69) is 10.3 Å². The van der Waals surface area contributed by atoms with Crippen molar-refractivity contribution in [2.75, 3.05) is 13.1 Å². The Labute approximate surface area is 141 Å². The third-order valence-corrected chi connectivity index (χ3v) is 5.80. The van der Waals surface area contributed by atoms with Crippen LogP contribution in [-0.4, -0.2) is 39.7 Å². The first-order valence-corrected chi connectivity index (χ1v) is 8.93. The van der Waals surface area contributed by atoms with Crippen molar-refractivity contribution in [2.24, 2.45) is 5.92 Å². The van der Waals surface area contributed by atoms with Crippen molar-refractivity contribution in [2.45, 2.75) is 50.4 Å². The number of nitrogens with one attached hydrogen (secondary N) is 1. The molecule has 24 heavy (non-hydrogen) atoms. The van der Waals surface area contributed by atoms with Gasteiger partial charge in [-0.1, -0.05) is 12.8 Å². The summed E-state index contributed by atoms with van der Waals surface area (Å²) in [4.78, 5) is 17.4. The topological polar surface area (TPSA) is 65.5 Å². The van der Waals surface area contributed by atoms with E-state index in [1.807, 2.05) is 0 Å². The van der Waals surface area contributed by atoms with Crippen LogP contribution in [0.15, 0.2) is 5.38 Å². The summed E-state index contributed by atoms with van der Waals surface area (Å²) in [6.45, 7) is 0.934. The molecular formula is C15H20F3N3O2S. The molecule has 0 spiro atoms. The number of fused-ring (bicyclic) bond motifs is 1. The van der Waals surface area contributed by atoms with Crippen molar-refractivity contribution >= 4 is 17.4 Å². The Kier molecular flexibility index (Phi) is 4.74. The van der Waals surface area contributed by atoms with Crippen molar-refractivity contribution in [1.82, 2.24) is 15.2 Å². The number of hydrogen-bond acceptors (Lipinski definition) is 4. The number of aliphatic hydroxyl groups is 1. The molecule has 0 unspecified atom stereocenters. The third kappa shape index (κ3) is 3.66. The number of nitrogens with zero attached hydrogens (tertiary/aromatic N) is 2. The van der Waals surface area contributed by atoms with Gasteiger partial charge in [0.05, 0.1) is 12.1 Å². The highest BCUT2D eigenvalue weighted by Gasteiger charge is 2.43. The fraction of sp³-hybridized carbons (Fsp3) is 0.733. The number of piperidine rings is 1. The van der Waals surface area contributed by atoms with Gasteiger partial charge < -0.3 is 15.3 Å². The molecule has 1 aromatic rings. The van der Waals surface area contributed by atoms with Crippen LogP contribution < -0.4 is 5.32 Å². The summed E-state index contributed by atoms with van der Waals surface area (Å²) in [5.74, 6) is 0.0856. The zero-order valence-electron chi connectivity index (χ0n) is 13.1. The number of hydrogen-bond donors (Lipinski definition) is 2. The highest BCUT2D eigenvalue weighted by atomic mass is 32.1. The van der Waals surface area contributed by atoms with Gasteiger partial charge in [-0.2, -0.15) is 13.2 Å². The molecule has 0 radical (unpaired) electrons. The average molecular weight is 363 g/mol. The molecule has 0 aromatic carbocycles. The van der Waals surface area contributed by atoms with Gasteiger partial charge in [0.2, 0.25) is 0 Å². The smallest absolute Gasteiger partial charge is 0.389 e. The Balaban J connectivity index is 1.53. The van der Waals surface area contributed by atoms with E-state index in [1.54, 1.807) is 4.90 Å². The predicted octanol–water partition coefficient (Wildman–Crippen LogP) is 3.00. The molecule has 2 fully saturated rings. The van der Waals surface area contributed by atoms with Crippen molar-refractivity contribution < 1.29 is 23.1 Å². The standard InChI is InChI=1S/C15H20F3N3O2S/c16-15(17,18)11-9-24-12(20-11)7-19-13(22)21-6-5-14(23)4-2-1-3-10(14)8-21/h9-10,23H,1-8H2,(H,19,22)/t10-,14-/m1/s1. The fourth-order valence-electron chi connectivity index (χ4n) is 3.54. The maximum atomic E-state index is 12.5. The Morgan fingerprint density at radius 1 is 1.46 bits per heavy atom. The van der Waals surface area contributed by atoms with E-state index in [0.29, 0.717) is 19.5 Å². The number of likely N-dealkylation sites (tertiary alicyclic amines) is 1. The molecule has 3 rings (SSSR count). The SMILES string of the molecule is O=C(NCc1nc(C(F)(F)F)cs1)N1CC[C@]2(O)CCCC[C@@H]2C1. The summed E-state index contributed by atoms with van der Waals surface area (Å²) in [5, 5.41) is 14.4. The quantitative estimate of drug-likeness (QED) is 0.849. The molecule has 2 atom stereocenters. The molecule has 1 aliphatic heterocycles. The highest BCUT2D eigenvalue weighted by molar-refractivity contribution is 7.09. The van der Waals surface area contributed by atoms with E-state index in [9.17, 15) is 23.1 Å². The lowest BCUT2D eigenvalue weighted by molar-refractivity contribution is -0.140. The maximum Gasteiger partial charge on any atom is 0.434 e. The minimum absolute atomic E-state index is 0.0228. The molecule has 2 aliphatic rings. The van der Waals surface area contributed by atoms with Gasteiger partial charge in [-0.25, -0.2) is 9.78 Å². The number of rotatable bonds is 2. The van der Waals surface area contributed by atoms with Crippen molar-refractivity contribution in [3.8, 4) is 0 Å². The summed E-state index contributed by atoms with van der Waals surface area (Å²) in [5.41, 5.74) is -1.59. The number of carbonyl (C=O) groups is 1. The molecule has 2 heterocycles. The summed E-state index contributed by atoms with van der Waals surface area (Å²) in [6, 6.07) is -0.314. The molecule has 5 nitrogen and oxygen atoms in total. The molecule has 2 amide bonds. The maximum absolute atomic E-state index is 12.5. The van der Waals surface area contributed by atoms with Gasteiger partial charge in [0.1, 0.15) is 5.01 Å². The van der Waals surface area contributed by atoms with Gasteiger partial charge in [-0.3, -0.25) is 0 Å². The summed E-state index contributed by atoms with van der Waals surface area (Å²) >= 11 is 0.878. The average Bonchev–Trinajstić information content (AvgIpc) is 3.01. The molecule has 1 aliphatic carbocycles. The zero-order chi connectivity index (χ0) is 17.4. The minimum Gasteiger partial charge on any atom is -0.389 e. The first-order chi connectivity index (χ1) is 11.3. The predicted molar refractivity (Wildman–Crippen MR) is 82.4 cm³/mol. The highest BCUT2D eigenvalue weighted by Crippen LogP contribution is 2.39. The van der Waals surface area contributed by atoms with Crippen LogP contribution in [-0.2, 0) is 12.7 Å². The Morgan fingerprint density at radius 3 is 2.96 bits per heavy atom. The van der Waals surface area contributed by atoms with E-state index >= 15 is 0 Å². The number of amides is 2. The number of halogens is 3. The van der Waals surface area contributed by atoms with E-state index in [-0.39, 0.29) is 23.5 Å². The van der Waals surface area contributed by atoms with Crippen LogP contribution in [0.1, 0.15) is 42.8 Å². The number of thiazole rings is 1. The van der Waals surface area contributed by atoms with Crippen molar-refractivity contribution in [3.63, 3.8) is 0 Å². The lowest BCUT2D eigenvalue weighted by atomic mass is 9.71. The summed E-state index contributed by atoms with van der Waals surface area (Å²) < 4.78 is 37.5. The fourth-order valence-corrected chi connectivity index (χ4v) is 4.28. The monoisotopic (exact) mass is 363 g/mol. The lowest BCUT2D eigenvalue weighted by Crippen LogP contribution is -2.56. The Hall–Kier alpha value is -1.35. The molecule has 1 saturated carbocycles. The Bertz CT molecular complexity index is 607. The van der Waals surface area contributed by atoms with Crippen LogP contribution in [0.2, 0.25) is 0 Å². The van der Waals surface area contributed by atoms with E-state index in [4.69, 9.17) is 0 Å². The molecular weight excluding hydrogens is 343 g/mol. The minimum atomic E-state index is -4.46. The molecule has 1 aromatic heterocycles. The second-order valence-electron chi connectivity index (χ2n) is 6.53. The summed E-state index contributed by atoms with van der Waals surface area (Å²) in [7, 11) is 0. The number of alkyl halides is 3. The van der Waals surface area contributed by atoms with Crippen LogP contribution in [0.5, 0.6) is 0 Å². The first-order valence-electron chi connectivity index (χ1n) is 8.05. The molecule has 0 bridgehead atoms. The lowest BCUT2D eigenvalue weighted by Gasteiger charge is -2.47. The van der Waals surface area contributed by atoms with E-state index in [1.165, 1.54) is 0 Å². The molecule has 9 heteroatoms. The van der Waals surface area contributed by atoms with E-state index < -0.39 is 17.5 Å². The van der Waals surface area contributed by atoms with Gasteiger partial charge in [-0.15, -0.1) is 11.3 Å². The van der Waals surface area contributed by atoms with E-state index in [0.717, 1.165) is 42.4 Å². The largest absolute Gasteiger partial charge is 0.434 e. The second kappa shape index (κ2) is 6.51. The van der Waals surface area contributed by atoms with Gasteiger partial charge in [-0.05, 0) is 19.3 Å². The Morgan fingerprint density at radius 2 is 2.25 bits per heavy atom. The van der Waals surface area contributed by atoms with Gasteiger partial charge in [0, 0.05) is 24.4 Å². The van der Waals surface area contributed by atoms with Crippen LogP contribution in [0.3, 0.4) is 0 Å². The number of aromatic nitrogens is 1. The second-order valence-corrected chi connectivity index (χ2v) is 7.47. The van der Waals surface area contributed by atoms with Crippen molar-refractivity contribution in [3.05, 3.63) is 16.1 Å². The van der Waals surface area contributed by atoms with Gasteiger partial charge in [0.25, 0.3) is 0 Å². The zero-order valence-corrected chi connectivity index (χ0v) is 13.9. The van der Waals surface area contributed by atoms with Gasteiger partial charge >= 0.3 is 12.2 Å². The third-order valence-electron chi connectivity index (χ3n) is 4.95.